The summed E-state index contributed by atoms with van der Waals surface area (Å²) in [6.45, 7) is 5.16. The fourth-order valence-electron chi connectivity index (χ4n) is 2.35. The van der Waals surface area contributed by atoms with E-state index in [-0.39, 0.29) is 6.04 Å². The molecule has 1 fully saturated rings. The van der Waals surface area contributed by atoms with Crippen LogP contribution in [0.4, 0.5) is 11.4 Å². The Labute approximate surface area is 122 Å². The molecule has 2 atom stereocenters. The van der Waals surface area contributed by atoms with Crippen molar-refractivity contribution in [3.05, 3.63) is 22.7 Å². The molecule has 1 aromatic rings. The van der Waals surface area contributed by atoms with E-state index in [0.717, 1.165) is 12.3 Å². The second-order valence-electron chi connectivity index (χ2n) is 4.77. The number of hydrogen-bond donors (Lipinski definition) is 2. The molecule has 6 heteroatoms. The number of anilines is 2. The van der Waals surface area contributed by atoms with Crippen molar-refractivity contribution in [3.63, 3.8) is 0 Å². The van der Waals surface area contributed by atoms with Gasteiger partial charge in [-0.2, -0.15) is 11.8 Å². The van der Waals surface area contributed by atoms with Gasteiger partial charge in [0.15, 0.2) is 0 Å². The Bertz CT molecular complexity index is 509. The first-order valence-corrected chi connectivity index (χ1v) is 7.61. The third-order valence-electron chi connectivity index (χ3n) is 3.52. The van der Waals surface area contributed by atoms with E-state index in [1.165, 1.54) is 0 Å². The second kappa shape index (κ2) is 5.51. The molecule has 0 bridgehead atoms. The zero-order valence-corrected chi connectivity index (χ0v) is 12.6. The first kappa shape index (κ1) is 14.3. The first-order chi connectivity index (χ1) is 8.91. The van der Waals surface area contributed by atoms with E-state index in [2.05, 4.69) is 18.7 Å². The van der Waals surface area contributed by atoms with Gasteiger partial charge in [-0.1, -0.05) is 18.5 Å². The number of thioether (sulfide) groups is 1. The van der Waals surface area contributed by atoms with Crippen LogP contribution in [0.15, 0.2) is 12.1 Å². The molecular formula is C13H18ClN3OS. The van der Waals surface area contributed by atoms with E-state index in [9.17, 15) is 4.79 Å². The molecule has 19 heavy (non-hydrogen) atoms. The molecule has 1 saturated heterocycles. The van der Waals surface area contributed by atoms with Crippen molar-refractivity contribution in [2.75, 3.05) is 22.9 Å². The van der Waals surface area contributed by atoms with Crippen LogP contribution in [-0.4, -0.2) is 29.5 Å². The molecular weight excluding hydrogens is 282 g/mol. The largest absolute Gasteiger partial charge is 0.399 e. The highest BCUT2D eigenvalue weighted by Crippen LogP contribution is 2.37. The molecule has 0 aromatic heterocycles. The number of primary amides is 1. The van der Waals surface area contributed by atoms with Gasteiger partial charge in [-0.05, 0) is 19.1 Å². The Hall–Kier alpha value is -1.07. The Morgan fingerprint density at radius 2 is 2.16 bits per heavy atom. The zero-order valence-electron chi connectivity index (χ0n) is 11.0. The third-order valence-corrected chi connectivity index (χ3v) is 5.15. The van der Waals surface area contributed by atoms with E-state index in [1.807, 2.05) is 11.8 Å². The predicted molar refractivity (Wildman–Crippen MR) is 83.1 cm³/mol. The Balaban J connectivity index is 2.51. The normalized spacial score (nSPS) is 23.4. The molecule has 4 N–H and O–H groups in total. The van der Waals surface area contributed by atoms with E-state index in [4.69, 9.17) is 23.1 Å². The van der Waals surface area contributed by atoms with E-state index in [1.54, 1.807) is 12.1 Å². The van der Waals surface area contributed by atoms with Crippen molar-refractivity contribution in [2.24, 2.45) is 5.73 Å². The lowest BCUT2D eigenvalue weighted by molar-refractivity contribution is 0.100. The standard InChI is InChI=1S/C13H18ClN3OS/c1-7-8(2)19-4-3-17(7)12-10(13(16)18)5-9(15)6-11(12)14/h5-8H,3-4,15H2,1-2H3,(H2,16,18). The number of nitrogen functional groups attached to an aromatic ring is 1. The maximum absolute atomic E-state index is 11.6. The molecule has 0 saturated carbocycles. The SMILES string of the molecule is CC1SCCN(c2c(Cl)cc(N)cc2C(N)=O)C1C. The number of nitrogens with zero attached hydrogens (tertiary/aromatic N) is 1. The fourth-order valence-corrected chi connectivity index (χ4v) is 3.78. The van der Waals surface area contributed by atoms with E-state index >= 15 is 0 Å². The molecule has 0 aliphatic carbocycles. The summed E-state index contributed by atoms with van der Waals surface area (Å²) < 4.78 is 0. The van der Waals surface area contributed by atoms with Crippen LogP contribution in [-0.2, 0) is 0 Å². The Morgan fingerprint density at radius 1 is 1.47 bits per heavy atom. The highest BCUT2D eigenvalue weighted by Gasteiger charge is 2.29. The summed E-state index contributed by atoms with van der Waals surface area (Å²) in [6.07, 6.45) is 0. The molecule has 4 nitrogen and oxygen atoms in total. The number of carbonyl (C=O) groups excluding carboxylic acids is 1. The fraction of sp³-hybridized carbons (Fsp3) is 0.462. The number of amides is 1. The van der Waals surface area contributed by atoms with Crippen LogP contribution < -0.4 is 16.4 Å². The average molecular weight is 300 g/mol. The quantitative estimate of drug-likeness (QED) is 0.822. The number of carbonyl (C=O) groups is 1. The lowest BCUT2D eigenvalue weighted by Gasteiger charge is -2.40. The highest BCUT2D eigenvalue weighted by atomic mass is 35.5. The van der Waals surface area contributed by atoms with Crippen LogP contribution in [0.1, 0.15) is 24.2 Å². The van der Waals surface area contributed by atoms with Crippen molar-refractivity contribution in [2.45, 2.75) is 25.1 Å². The second-order valence-corrected chi connectivity index (χ2v) is 6.67. The summed E-state index contributed by atoms with van der Waals surface area (Å²) in [5.41, 5.74) is 12.8. The van der Waals surface area contributed by atoms with Crippen LogP contribution in [0, 0.1) is 0 Å². The van der Waals surface area contributed by atoms with Crippen LogP contribution >= 0.6 is 23.4 Å². The summed E-state index contributed by atoms with van der Waals surface area (Å²) in [4.78, 5) is 13.8. The molecule has 2 rings (SSSR count). The number of nitrogens with two attached hydrogens (primary N) is 2. The third kappa shape index (κ3) is 2.77. The van der Waals surface area contributed by atoms with Crippen molar-refractivity contribution in [1.82, 2.24) is 0 Å². The molecule has 1 aliphatic rings. The van der Waals surface area contributed by atoms with Crippen LogP contribution in [0.25, 0.3) is 0 Å². The molecule has 104 valence electrons. The lowest BCUT2D eigenvalue weighted by Crippen LogP contribution is -2.45. The van der Waals surface area contributed by atoms with Gasteiger partial charge in [-0.15, -0.1) is 0 Å². The topological polar surface area (TPSA) is 72.3 Å². The van der Waals surface area contributed by atoms with Crippen LogP contribution in [0.5, 0.6) is 0 Å². The Morgan fingerprint density at radius 3 is 2.79 bits per heavy atom. The number of benzene rings is 1. The molecule has 1 aliphatic heterocycles. The molecule has 0 radical (unpaired) electrons. The lowest BCUT2D eigenvalue weighted by atomic mass is 10.1. The highest BCUT2D eigenvalue weighted by molar-refractivity contribution is 8.00. The molecule has 2 unspecified atom stereocenters. The van der Waals surface area contributed by atoms with Crippen molar-refractivity contribution in [1.29, 1.82) is 0 Å². The number of rotatable bonds is 2. The van der Waals surface area contributed by atoms with Crippen molar-refractivity contribution < 1.29 is 4.79 Å². The molecule has 1 amide bonds. The summed E-state index contributed by atoms with van der Waals surface area (Å²) >= 11 is 8.21. The molecule has 1 heterocycles. The van der Waals surface area contributed by atoms with E-state index in [0.29, 0.717) is 27.2 Å². The van der Waals surface area contributed by atoms with Gasteiger partial charge in [-0.3, -0.25) is 4.79 Å². The zero-order chi connectivity index (χ0) is 14.2. The maximum Gasteiger partial charge on any atom is 0.250 e. The first-order valence-electron chi connectivity index (χ1n) is 6.19. The summed E-state index contributed by atoms with van der Waals surface area (Å²) in [7, 11) is 0. The number of halogens is 1. The van der Waals surface area contributed by atoms with Gasteiger partial charge in [0.05, 0.1) is 16.3 Å². The summed E-state index contributed by atoms with van der Waals surface area (Å²) in [5, 5.41) is 0.961. The van der Waals surface area contributed by atoms with Crippen LogP contribution in [0.2, 0.25) is 5.02 Å². The average Bonchev–Trinajstić information content (AvgIpc) is 2.32. The summed E-state index contributed by atoms with van der Waals surface area (Å²) in [5.74, 6) is 0.506. The minimum atomic E-state index is -0.498. The van der Waals surface area contributed by atoms with Gasteiger partial charge in [0.25, 0.3) is 5.91 Å². The Kier molecular flexibility index (Phi) is 4.16. The summed E-state index contributed by atoms with van der Waals surface area (Å²) in [6, 6.07) is 3.56. The minimum Gasteiger partial charge on any atom is -0.399 e. The smallest absolute Gasteiger partial charge is 0.250 e. The minimum absolute atomic E-state index is 0.290. The van der Waals surface area contributed by atoms with Crippen molar-refractivity contribution in [3.8, 4) is 0 Å². The molecule has 0 spiro atoms. The molecule has 1 aromatic carbocycles. The number of hydrogen-bond acceptors (Lipinski definition) is 4. The van der Waals surface area contributed by atoms with Crippen LogP contribution in [0.3, 0.4) is 0 Å². The monoisotopic (exact) mass is 299 g/mol. The van der Waals surface area contributed by atoms with Gasteiger partial charge in [0.2, 0.25) is 0 Å². The predicted octanol–water partition coefficient (Wildman–Crippen LogP) is 2.35. The van der Waals surface area contributed by atoms with Crippen molar-refractivity contribution >= 4 is 40.6 Å². The van der Waals surface area contributed by atoms with Gasteiger partial charge < -0.3 is 16.4 Å². The van der Waals surface area contributed by atoms with Gasteiger partial charge in [-0.25, -0.2) is 0 Å². The van der Waals surface area contributed by atoms with Gasteiger partial charge in [0, 0.05) is 29.3 Å². The van der Waals surface area contributed by atoms with Gasteiger partial charge in [0.1, 0.15) is 0 Å². The van der Waals surface area contributed by atoms with Gasteiger partial charge >= 0.3 is 0 Å². The van der Waals surface area contributed by atoms with E-state index < -0.39 is 5.91 Å². The maximum atomic E-state index is 11.6.